The zero-order valence-electron chi connectivity index (χ0n) is 22.8. The maximum absolute atomic E-state index is 12.1. The summed E-state index contributed by atoms with van der Waals surface area (Å²) in [5.74, 6) is 2.02. The van der Waals surface area contributed by atoms with E-state index in [0.717, 1.165) is 49.7 Å². The largest absolute Gasteiger partial charge is 0.374 e. The number of aryl methyl sites for hydroxylation is 1. The molecular weight excluding hydrogens is 480 g/mol. The van der Waals surface area contributed by atoms with E-state index in [4.69, 9.17) is 14.7 Å². The van der Waals surface area contributed by atoms with Crippen LogP contribution < -0.4 is 20.7 Å². The molecule has 3 aliphatic rings. The van der Waals surface area contributed by atoms with E-state index in [1.165, 1.54) is 10.4 Å². The van der Waals surface area contributed by atoms with Crippen LogP contribution in [0.5, 0.6) is 0 Å². The fourth-order valence-corrected chi connectivity index (χ4v) is 5.83. The maximum Gasteiger partial charge on any atom is 0.266 e. The van der Waals surface area contributed by atoms with Crippen molar-refractivity contribution in [2.24, 2.45) is 7.05 Å². The third kappa shape index (κ3) is 4.31. The lowest BCUT2D eigenvalue weighted by Crippen LogP contribution is -2.54. The lowest BCUT2D eigenvalue weighted by Gasteiger charge is -2.46. The second-order valence-corrected chi connectivity index (χ2v) is 11.6. The Balaban J connectivity index is 1.32. The lowest BCUT2D eigenvalue weighted by molar-refractivity contribution is -0.0893. The molecule has 38 heavy (non-hydrogen) atoms. The number of nitrogens with one attached hydrogen (secondary N) is 1. The molecule has 5 heterocycles. The number of aromatic nitrogens is 4. The van der Waals surface area contributed by atoms with Gasteiger partial charge in [-0.15, -0.1) is 0 Å². The summed E-state index contributed by atoms with van der Waals surface area (Å²) in [5.41, 5.74) is 2.46. The first-order chi connectivity index (χ1) is 18.1. The first-order valence-electron chi connectivity index (χ1n) is 13.3. The Hall–Kier alpha value is -3.50. The number of rotatable bonds is 4. The van der Waals surface area contributed by atoms with Crippen molar-refractivity contribution in [1.29, 1.82) is 0 Å². The smallest absolute Gasteiger partial charge is 0.266 e. The molecule has 0 bridgehead atoms. The molecule has 2 saturated heterocycles. The minimum absolute atomic E-state index is 0.0682. The fourth-order valence-electron chi connectivity index (χ4n) is 5.83. The molecule has 1 aromatic carbocycles. The molecule has 0 aliphatic carbocycles. The van der Waals surface area contributed by atoms with Crippen LogP contribution in [0.3, 0.4) is 0 Å². The Morgan fingerprint density at radius 3 is 2.45 bits per heavy atom. The van der Waals surface area contributed by atoms with Crippen molar-refractivity contribution >= 4 is 29.0 Å². The van der Waals surface area contributed by atoms with E-state index in [2.05, 4.69) is 77.2 Å². The van der Waals surface area contributed by atoms with Crippen LogP contribution in [0.25, 0.3) is 0 Å². The van der Waals surface area contributed by atoms with Gasteiger partial charge in [-0.2, -0.15) is 10.1 Å². The second-order valence-electron chi connectivity index (χ2n) is 11.6. The highest BCUT2D eigenvalue weighted by Gasteiger charge is 2.55. The highest BCUT2D eigenvalue weighted by atomic mass is 16.5. The topological polar surface area (TPSA) is 91.7 Å². The molecule has 2 aromatic heterocycles. The van der Waals surface area contributed by atoms with Crippen LogP contribution in [-0.2, 0) is 17.2 Å². The third-order valence-corrected chi connectivity index (χ3v) is 8.29. The predicted molar refractivity (Wildman–Crippen MR) is 149 cm³/mol. The van der Waals surface area contributed by atoms with Crippen LogP contribution in [0.1, 0.15) is 32.8 Å². The number of likely N-dealkylation sites (N-methyl/N-ethyl adjacent to an activating group) is 1. The first-order valence-corrected chi connectivity index (χ1v) is 13.3. The fraction of sp³-hybridized carbons (Fsp3) is 0.500. The zero-order chi connectivity index (χ0) is 26.7. The van der Waals surface area contributed by atoms with Gasteiger partial charge in [0.1, 0.15) is 5.82 Å². The van der Waals surface area contributed by atoms with Crippen molar-refractivity contribution < 1.29 is 4.74 Å². The number of piperazine rings is 1. The average molecular weight is 517 g/mol. The maximum atomic E-state index is 12.1. The summed E-state index contributed by atoms with van der Waals surface area (Å²) in [5, 5.41) is 7.99. The summed E-state index contributed by atoms with van der Waals surface area (Å²) in [7, 11) is 3.84. The van der Waals surface area contributed by atoms with Crippen LogP contribution in [0.15, 0.2) is 47.4 Å². The van der Waals surface area contributed by atoms with Crippen LogP contribution >= 0.6 is 0 Å². The second kappa shape index (κ2) is 9.06. The van der Waals surface area contributed by atoms with Gasteiger partial charge in [0.25, 0.3) is 5.56 Å². The molecule has 0 amide bonds. The summed E-state index contributed by atoms with van der Waals surface area (Å²) in [6, 6.07) is 11.9. The highest BCUT2D eigenvalue weighted by Crippen LogP contribution is 2.52. The first kappa shape index (κ1) is 24.8. The number of benzene rings is 1. The molecule has 0 saturated carbocycles. The Bertz CT molecular complexity index is 1400. The summed E-state index contributed by atoms with van der Waals surface area (Å²) in [4.78, 5) is 28.7. The van der Waals surface area contributed by atoms with Crippen molar-refractivity contribution in [3.8, 4) is 0 Å². The normalized spacial score (nSPS) is 24.7. The summed E-state index contributed by atoms with van der Waals surface area (Å²) in [6.07, 6.45) is 2.71. The minimum atomic E-state index is -0.302. The van der Waals surface area contributed by atoms with Gasteiger partial charge in [-0.1, -0.05) is 6.92 Å². The summed E-state index contributed by atoms with van der Waals surface area (Å²) >= 11 is 0. The average Bonchev–Trinajstić information content (AvgIpc) is 3.13. The van der Waals surface area contributed by atoms with E-state index >= 15 is 0 Å². The van der Waals surface area contributed by atoms with Crippen molar-refractivity contribution in [2.75, 3.05) is 55.0 Å². The monoisotopic (exact) mass is 516 g/mol. The standard InChI is InChI=1S/C28H36N8O2/c1-27(2)16-22-28(3,18-38-27)21-17-29-26(31-25(21)36(22)23-10-11-24(37)34(5)32-23)30-19-6-8-20(9-7-19)35-14-12-33(4)13-15-35/h6-11,17,22H,12-16,18H2,1-5H3,(H,29,30,31)/t22-,28-/m1/s1. The molecule has 10 nitrogen and oxygen atoms in total. The van der Waals surface area contributed by atoms with Gasteiger partial charge in [-0.3, -0.25) is 4.79 Å². The van der Waals surface area contributed by atoms with Gasteiger partial charge in [0.05, 0.1) is 18.2 Å². The number of anilines is 5. The number of hydrogen-bond donors (Lipinski definition) is 1. The quantitative estimate of drug-likeness (QED) is 0.562. The predicted octanol–water partition coefficient (Wildman–Crippen LogP) is 3.04. The van der Waals surface area contributed by atoms with E-state index in [1.54, 1.807) is 19.2 Å². The van der Waals surface area contributed by atoms with E-state index in [9.17, 15) is 4.79 Å². The van der Waals surface area contributed by atoms with Crippen molar-refractivity contribution in [3.63, 3.8) is 0 Å². The van der Waals surface area contributed by atoms with Crippen LogP contribution in [0, 0.1) is 0 Å². The Labute approximate surface area is 223 Å². The SMILES string of the molecule is CN1CCN(c2ccc(Nc3ncc4c(n3)N(c3ccc(=O)n(C)n3)[C@@H]3CC(C)(C)OC[C@]43C)cc2)CC1. The van der Waals surface area contributed by atoms with Crippen LogP contribution in [-0.4, -0.2) is 76.1 Å². The van der Waals surface area contributed by atoms with Gasteiger partial charge in [0.15, 0.2) is 5.82 Å². The number of fused-ring (bicyclic) bond motifs is 3. The number of nitrogens with zero attached hydrogens (tertiary/aromatic N) is 7. The van der Waals surface area contributed by atoms with Gasteiger partial charge < -0.3 is 24.8 Å². The van der Waals surface area contributed by atoms with Gasteiger partial charge >= 0.3 is 0 Å². The molecule has 3 aromatic rings. The molecular formula is C28H36N8O2. The van der Waals surface area contributed by atoms with Crippen molar-refractivity contribution in [2.45, 2.75) is 44.2 Å². The van der Waals surface area contributed by atoms with Gasteiger partial charge in [0.2, 0.25) is 5.95 Å². The highest BCUT2D eigenvalue weighted by molar-refractivity contribution is 5.71. The van der Waals surface area contributed by atoms with Gasteiger partial charge in [-0.05, 0) is 57.6 Å². The molecule has 3 aliphatic heterocycles. The number of ether oxygens (including phenoxy) is 1. The molecule has 0 spiro atoms. The molecule has 0 radical (unpaired) electrons. The molecule has 200 valence electrons. The van der Waals surface area contributed by atoms with Crippen LogP contribution in [0.4, 0.5) is 29.0 Å². The van der Waals surface area contributed by atoms with E-state index in [0.29, 0.717) is 18.4 Å². The van der Waals surface area contributed by atoms with Crippen molar-refractivity contribution in [1.82, 2.24) is 24.6 Å². The molecule has 1 N–H and O–H groups in total. The lowest BCUT2D eigenvalue weighted by atomic mass is 9.73. The molecule has 0 unspecified atom stereocenters. The molecule has 2 atom stereocenters. The third-order valence-electron chi connectivity index (χ3n) is 8.29. The van der Waals surface area contributed by atoms with E-state index in [1.807, 2.05) is 6.20 Å². The Morgan fingerprint density at radius 1 is 1.00 bits per heavy atom. The van der Waals surface area contributed by atoms with Crippen LogP contribution in [0.2, 0.25) is 0 Å². The summed E-state index contributed by atoms with van der Waals surface area (Å²) in [6.45, 7) is 11.2. The molecule has 6 rings (SSSR count). The van der Waals surface area contributed by atoms with Gasteiger partial charge in [-0.25, -0.2) is 9.67 Å². The Morgan fingerprint density at radius 2 is 1.74 bits per heavy atom. The number of hydrogen-bond acceptors (Lipinski definition) is 9. The van der Waals surface area contributed by atoms with E-state index in [-0.39, 0.29) is 22.6 Å². The minimum Gasteiger partial charge on any atom is -0.374 e. The van der Waals surface area contributed by atoms with Crippen molar-refractivity contribution in [3.05, 3.63) is 58.5 Å². The Kier molecular flexibility index (Phi) is 5.92. The zero-order valence-corrected chi connectivity index (χ0v) is 22.8. The van der Waals surface area contributed by atoms with Gasteiger partial charge in [0, 0.05) is 67.8 Å². The van der Waals surface area contributed by atoms with E-state index < -0.39 is 0 Å². The molecule has 10 heteroatoms. The summed E-state index contributed by atoms with van der Waals surface area (Å²) < 4.78 is 7.65. The molecule has 2 fully saturated rings.